The molecule has 1 unspecified atom stereocenters. The first kappa shape index (κ1) is 22.3. The topological polar surface area (TPSA) is 86.1 Å². The Labute approximate surface area is 179 Å². The fourth-order valence-electron chi connectivity index (χ4n) is 3.73. The maximum Gasteiger partial charge on any atom is 0.268 e. The molecule has 0 aliphatic carbocycles. The fraction of sp³-hybridized carbons (Fsp3) is 0.391. The predicted molar refractivity (Wildman–Crippen MR) is 111 cm³/mol. The van der Waals surface area contributed by atoms with Crippen molar-refractivity contribution in [3.63, 3.8) is 0 Å². The van der Waals surface area contributed by atoms with Crippen molar-refractivity contribution in [1.29, 1.82) is 5.26 Å². The third-order valence-corrected chi connectivity index (χ3v) is 5.23. The molecule has 1 atom stereocenters. The van der Waals surface area contributed by atoms with Crippen LogP contribution in [0.5, 0.6) is 0 Å². The summed E-state index contributed by atoms with van der Waals surface area (Å²) in [6, 6.07) is 9.77. The van der Waals surface area contributed by atoms with Crippen molar-refractivity contribution in [2.75, 3.05) is 13.1 Å². The van der Waals surface area contributed by atoms with E-state index in [0.717, 1.165) is 16.0 Å². The normalized spacial score (nSPS) is 17.8. The Hall–Kier alpha value is -3.34. The lowest BCUT2D eigenvalue weighted by atomic mass is 9.81. The van der Waals surface area contributed by atoms with E-state index >= 15 is 0 Å². The monoisotopic (exact) mass is 426 g/mol. The first-order valence-electron chi connectivity index (χ1n) is 9.92. The van der Waals surface area contributed by atoms with Crippen LogP contribution in [0.2, 0.25) is 0 Å². The van der Waals surface area contributed by atoms with Gasteiger partial charge in [0.1, 0.15) is 6.04 Å². The summed E-state index contributed by atoms with van der Waals surface area (Å²) in [5.41, 5.74) is 2.64. The Morgan fingerprint density at radius 3 is 2.65 bits per heavy atom. The molecule has 2 heterocycles. The summed E-state index contributed by atoms with van der Waals surface area (Å²) in [5, 5.41) is 11.6. The number of alkyl halides is 2. The maximum absolute atomic E-state index is 13.6. The molecule has 1 aliphatic rings. The molecule has 1 saturated heterocycles. The zero-order valence-electron chi connectivity index (χ0n) is 17.7. The van der Waals surface area contributed by atoms with Crippen LogP contribution >= 0.6 is 0 Å². The van der Waals surface area contributed by atoms with E-state index in [1.807, 2.05) is 24.3 Å². The van der Waals surface area contributed by atoms with Crippen molar-refractivity contribution >= 4 is 11.8 Å². The molecule has 8 heteroatoms. The second-order valence-electron chi connectivity index (χ2n) is 8.63. The van der Waals surface area contributed by atoms with Gasteiger partial charge in [-0.05, 0) is 22.6 Å². The van der Waals surface area contributed by atoms with E-state index in [2.05, 4.69) is 31.1 Å². The van der Waals surface area contributed by atoms with Gasteiger partial charge in [0.2, 0.25) is 5.91 Å². The van der Waals surface area contributed by atoms with Crippen molar-refractivity contribution in [1.82, 2.24) is 15.2 Å². The number of pyridine rings is 1. The largest absolute Gasteiger partial charge is 0.343 e. The van der Waals surface area contributed by atoms with Crippen molar-refractivity contribution in [3.8, 4) is 17.2 Å². The molecular formula is C23H24F2N4O2. The standard InChI is InChI=1S/C23H24F2N4O2/c1-22(2,3)19-7-5-4-6-16(19)18-12-27-9-8-17(18)21(31)28-13-20(30)29-14-23(24,25)10-15(29)11-26/h4-9,12,15H,10,13-14H2,1-3H3,(H,28,31). The van der Waals surface area contributed by atoms with E-state index < -0.39 is 43.3 Å². The van der Waals surface area contributed by atoms with Gasteiger partial charge in [0.05, 0.1) is 24.7 Å². The minimum atomic E-state index is -3.10. The molecule has 1 fully saturated rings. The molecule has 2 amide bonds. The van der Waals surface area contributed by atoms with E-state index in [-0.39, 0.29) is 5.41 Å². The number of nitrogens with one attached hydrogen (secondary N) is 1. The number of aromatic nitrogens is 1. The molecule has 0 saturated carbocycles. The Balaban J connectivity index is 1.81. The average molecular weight is 426 g/mol. The molecule has 0 bridgehead atoms. The highest BCUT2D eigenvalue weighted by molar-refractivity contribution is 6.02. The number of hydrogen-bond donors (Lipinski definition) is 1. The van der Waals surface area contributed by atoms with Crippen LogP contribution in [-0.4, -0.2) is 46.8 Å². The van der Waals surface area contributed by atoms with Gasteiger partial charge in [-0.3, -0.25) is 14.6 Å². The van der Waals surface area contributed by atoms with Crippen molar-refractivity contribution in [2.45, 2.75) is 44.6 Å². The Morgan fingerprint density at radius 2 is 1.97 bits per heavy atom. The molecule has 1 aliphatic heterocycles. The van der Waals surface area contributed by atoms with Crippen LogP contribution in [0.15, 0.2) is 42.7 Å². The Morgan fingerprint density at radius 1 is 1.26 bits per heavy atom. The highest BCUT2D eigenvalue weighted by Crippen LogP contribution is 2.34. The molecule has 1 aromatic carbocycles. The summed E-state index contributed by atoms with van der Waals surface area (Å²) in [5.74, 6) is -4.34. The fourth-order valence-corrected chi connectivity index (χ4v) is 3.73. The van der Waals surface area contributed by atoms with Crippen LogP contribution in [0.4, 0.5) is 8.78 Å². The second kappa shape index (κ2) is 8.42. The SMILES string of the molecule is CC(C)(C)c1ccccc1-c1cnccc1C(=O)NCC(=O)N1CC(F)(F)CC1C#N. The highest BCUT2D eigenvalue weighted by atomic mass is 19.3. The molecule has 31 heavy (non-hydrogen) atoms. The summed E-state index contributed by atoms with van der Waals surface area (Å²) in [7, 11) is 0. The maximum atomic E-state index is 13.6. The van der Waals surface area contributed by atoms with Gasteiger partial charge < -0.3 is 10.2 Å². The van der Waals surface area contributed by atoms with Crippen LogP contribution in [0, 0.1) is 11.3 Å². The molecule has 162 valence electrons. The van der Waals surface area contributed by atoms with Crippen molar-refractivity contribution in [3.05, 3.63) is 53.9 Å². The third-order valence-electron chi connectivity index (χ3n) is 5.23. The van der Waals surface area contributed by atoms with Gasteiger partial charge in [0.25, 0.3) is 11.8 Å². The summed E-state index contributed by atoms with van der Waals surface area (Å²) in [4.78, 5) is 30.2. The van der Waals surface area contributed by atoms with Gasteiger partial charge in [-0.2, -0.15) is 5.26 Å². The first-order chi connectivity index (χ1) is 14.5. The molecule has 2 aromatic rings. The number of nitriles is 1. The minimum absolute atomic E-state index is 0.177. The Bertz CT molecular complexity index is 1040. The lowest BCUT2D eigenvalue weighted by Crippen LogP contribution is -2.43. The van der Waals surface area contributed by atoms with E-state index in [1.165, 1.54) is 6.20 Å². The number of halogens is 2. The van der Waals surface area contributed by atoms with E-state index in [9.17, 15) is 18.4 Å². The molecule has 1 N–H and O–H groups in total. The summed E-state index contributed by atoms with van der Waals surface area (Å²) in [6.07, 6.45) is 2.38. The van der Waals surface area contributed by atoms with Crippen molar-refractivity contribution < 1.29 is 18.4 Å². The number of amides is 2. The predicted octanol–water partition coefficient (Wildman–Crippen LogP) is 3.54. The lowest BCUT2D eigenvalue weighted by molar-refractivity contribution is -0.131. The number of carbonyl (C=O) groups is 2. The van der Waals surface area contributed by atoms with Gasteiger partial charge in [0.15, 0.2) is 0 Å². The van der Waals surface area contributed by atoms with E-state index in [1.54, 1.807) is 18.3 Å². The highest BCUT2D eigenvalue weighted by Gasteiger charge is 2.47. The van der Waals surface area contributed by atoms with Crippen LogP contribution in [0.3, 0.4) is 0 Å². The zero-order valence-corrected chi connectivity index (χ0v) is 17.7. The van der Waals surface area contributed by atoms with Gasteiger partial charge in [-0.15, -0.1) is 0 Å². The second-order valence-corrected chi connectivity index (χ2v) is 8.63. The molecule has 0 radical (unpaired) electrons. The third kappa shape index (κ3) is 4.88. The van der Waals surface area contributed by atoms with Crippen LogP contribution < -0.4 is 5.32 Å². The van der Waals surface area contributed by atoms with Gasteiger partial charge in [0, 0.05) is 24.4 Å². The summed E-state index contributed by atoms with van der Waals surface area (Å²) < 4.78 is 27.2. The van der Waals surface area contributed by atoms with E-state index in [0.29, 0.717) is 11.1 Å². The number of rotatable bonds is 4. The Kier molecular flexibility index (Phi) is 6.07. The van der Waals surface area contributed by atoms with Gasteiger partial charge in [-0.25, -0.2) is 8.78 Å². The molecule has 6 nitrogen and oxygen atoms in total. The minimum Gasteiger partial charge on any atom is -0.343 e. The number of nitrogens with zero attached hydrogens (tertiary/aromatic N) is 3. The van der Waals surface area contributed by atoms with Crippen LogP contribution in [-0.2, 0) is 10.2 Å². The quantitative estimate of drug-likeness (QED) is 0.810. The summed E-state index contributed by atoms with van der Waals surface area (Å²) in [6.45, 7) is 4.91. The average Bonchev–Trinajstić information content (AvgIpc) is 3.06. The zero-order chi connectivity index (χ0) is 22.8. The molecule has 1 aromatic heterocycles. The van der Waals surface area contributed by atoms with Gasteiger partial charge >= 0.3 is 0 Å². The molecular weight excluding hydrogens is 402 g/mol. The van der Waals surface area contributed by atoms with Crippen LogP contribution in [0.1, 0.15) is 43.1 Å². The number of benzene rings is 1. The lowest BCUT2D eigenvalue weighted by Gasteiger charge is -2.24. The number of likely N-dealkylation sites (tertiary alicyclic amines) is 1. The molecule has 0 spiro atoms. The summed E-state index contributed by atoms with van der Waals surface area (Å²) >= 11 is 0. The van der Waals surface area contributed by atoms with Gasteiger partial charge in [-0.1, -0.05) is 45.0 Å². The first-order valence-corrected chi connectivity index (χ1v) is 9.92. The smallest absolute Gasteiger partial charge is 0.268 e. The molecule has 3 rings (SSSR count). The van der Waals surface area contributed by atoms with E-state index in [4.69, 9.17) is 5.26 Å². The van der Waals surface area contributed by atoms with Crippen molar-refractivity contribution in [2.24, 2.45) is 0 Å². The number of carbonyl (C=O) groups excluding carboxylic acids is 2. The number of hydrogen-bond acceptors (Lipinski definition) is 4. The van der Waals surface area contributed by atoms with Crippen LogP contribution in [0.25, 0.3) is 11.1 Å².